The molecule has 1 saturated carbocycles. The van der Waals surface area contributed by atoms with E-state index in [-0.39, 0.29) is 23.3 Å². The Hall–Kier alpha value is -1.24. The third-order valence-corrected chi connectivity index (χ3v) is 4.12. The molecule has 1 aliphatic rings. The van der Waals surface area contributed by atoms with E-state index in [1.807, 2.05) is 0 Å². The van der Waals surface area contributed by atoms with Crippen LogP contribution in [0.2, 0.25) is 0 Å². The van der Waals surface area contributed by atoms with Gasteiger partial charge >= 0.3 is 11.9 Å². The summed E-state index contributed by atoms with van der Waals surface area (Å²) in [6, 6.07) is -1.02. The number of hydrogen-bond acceptors (Lipinski definition) is 4. The van der Waals surface area contributed by atoms with Gasteiger partial charge in [0, 0.05) is 11.7 Å². The average molecular weight is 289 g/mol. The molecule has 1 atom stereocenters. The van der Waals surface area contributed by atoms with E-state index in [1.165, 1.54) is 0 Å². The zero-order valence-corrected chi connectivity index (χ0v) is 11.4. The number of nitrogens with one attached hydrogen (secondary N) is 1. The number of aliphatic carboxylic acids is 2. The number of carbonyl (C=O) groups is 3. The normalized spacial score (nSPS) is 17.7. The first-order valence-corrected chi connectivity index (χ1v) is 7.49. The van der Waals surface area contributed by atoms with Crippen LogP contribution < -0.4 is 5.32 Å². The van der Waals surface area contributed by atoms with Gasteiger partial charge in [0.25, 0.3) is 0 Å². The first-order chi connectivity index (χ1) is 9.00. The van der Waals surface area contributed by atoms with E-state index < -0.39 is 18.0 Å². The number of hydrogen-bond donors (Lipinski definition) is 3. The van der Waals surface area contributed by atoms with Gasteiger partial charge < -0.3 is 15.5 Å². The van der Waals surface area contributed by atoms with Gasteiger partial charge in [-0.25, -0.2) is 4.79 Å². The molecule has 108 valence electrons. The van der Waals surface area contributed by atoms with Crippen molar-refractivity contribution in [3.05, 3.63) is 0 Å². The van der Waals surface area contributed by atoms with Crippen molar-refractivity contribution in [2.75, 3.05) is 11.5 Å². The molecule has 0 aromatic heterocycles. The quantitative estimate of drug-likeness (QED) is 0.645. The zero-order chi connectivity index (χ0) is 14.3. The molecule has 6 nitrogen and oxygen atoms in total. The van der Waals surface area contributed by atoms with E-state index in [9.17, 15) is 14.4 Å². The summed E-state index contributed by atoms with van der Waals surface area (Å²) in [4.78, 5) is 33.3. The molecule has 0 bridgehead atoms. The van der Waals surface area contributed by atoms with Crippen LogP contribution in [0.15, 0.2) is 0 Å². The molecule has 3 N–H and O–H groups in total. The molecule has 0 aliphatic heterocycles. The molecular formula is C12H19NO5S. The summed E-state index contributed by atoms with van der Waals surface area (Å²) in [6.07, 6.45) is 4.74. The molecule has 1 aliphatic carbocycles. The summed E-state index contributed by atoms with van der Waals surface area (Å²) in [5.74, 6) is -2.53. The van der Waals surface area contributed by atoms with Crippen LogP contribution in [0.4, 0.5) is 0 Å². The fraction of sp³-hybridized carbons (Fsp3) is 0.750. The largest absolute Gasteiger partial charge is 0.481 e. The van der Waals surface area contributed by atoms with Gasteiger partial charge in [0.15, 0.2) is 0 Å². The van der Waals surface area contributed by atoms with E-state index in [1.54, 1.807) is 0 Å². The molecule has 0 spiro atoms. The Morgan fingerprint density at radius 3 is 2.32 bits per heavy atom. The van der Waals surface area contributed by atoms with E-state index in [0.717, 1.165) is 43.9 Å². The Morgan fingerprint density at radius 1 is 1.16 bits per heavy atom. The lowest BCUT2D eigenvalue weighted by atomic mass is 9.88. The summed E-state index contributed by atoms with van der Waals surface area (Å²) < 4.78 is 0. The highest BCUT2D eigenvalue weighted by atomic mass is 32.2. The predicted molar refractivity (Wildman–Crippen MR) is 71.1 cm³/mol. The van der Waals surface area contributed by atoms with Gasteiger partial charge in [-0.1, -0.05) is 19.3 Å². The van der Waals surface area contributed by atoms with Crippen molar-refractivity contribution in [2.45, 2.75) is 38.1 Å². The van der Waals surface area contributed by atoms with Crippen LogP contribution in [0.25, 0.3) is 0 Å². The first-order valence-electron chi connectivity index (χ1n) is 6.33. The van der Waals surface area contributed by atoms with Crippen molar-refractivity contribution in [2.24, 2.45) is 5.92 Å². The Kier molecular flexibility index (Phi) is 6.69. The molecule has 1 fully saturated rings. The molecule has 0 radical (unpaired) electrons. The number of amides is 1. The van der Waals surface area contributed by atoms with Gasteiger partial charge in [-0.05, 0) is 12.8 Å². The molecule has 7 heteroatoms. The SMILES string of the molecule is O=C(O)CSCC(NC(=O)C1CCCCC1)C(=O)O. The molecule has 19 heavy (non-hydrogen) atoms. The fourth-order valence-corrected chi connectivity index (χ4v) is 2.85. The number of thioether (sulfide) groups is 1. The summed E-state index contributed by atoms with van der Waals surface area (Å²) in [6.45, 7) is 0. The van der Waals surface area contributed by atoms with E-state index in [0.29, 0.717) is 0 Å². The molecule has 1 amide bonds. The van der Waals surface area contributed by atoms with Crippen molar-refractivity contribution in [1.29, 1.82) is 0 Å². The van der Waals surface area contributed by atoms with Crippen LogP contribution in [0.3, 0.4) is 0 Å². The van der Waals surface area contributed by atoms with Crippen LogP contribution >= 0.6 is 11.8 Å². The predicted octanol–water partition coefficient (Wildman–Crippen LogP) is 0.954. The van der Waals surface area contributed by atoms with Crippen LogP contribution in [0.5, 0.6) is 0 Å². The summed E-state index contributed by atoms with van der Waals surface area (Å²) >= 11 is 0.991. The summed E-state index contributed by atoms with van der Waals surface area (Å²) in [5.41, 5.74) is 0. The van der Waals surface area contributed by atoms with Crippen LogP contribution in [-0.4, -0.2) is 45.6 Å². The van der Waals surface area contributed by atoms with Crippen LogP contribution in [0, 0.1) is 5.92 Å². The second-order valence-corrected chi connectivity index (χ2v) is 5.67. The Bertz CT molecular complexity index is 341. The van der Waals surface area contributed by atoms with Crippen LogP contribution in [-0.2, 0) is 14.4 Å². The third kappa shape index (κ3) is 5.96. The number of carboxylic acids is 2. The van der Waals surface area contributed by atoms with Crippen molar-refractivity contribution in [3.63, 3.8) is 0 Å². The van der Waals surface area contributed by atoms with E-state index in [4.69, 9.17) is 10.2 Å². The Balaban J connectivity index is 2.41. The first kappa shape index (κ1) is 15.8. The third-order valence-electron chi connectivity index (χ3n) is 3.10. The molecule has 1 rings (SSSR count). The Labute approximate surface area is 115 Å². The summed E-state index contributed by atoms with van der Waals surface area (Å²) in [7, 11) is 0. The molecule has 0 heterocycles. The van der Waals surface area contributed by atoms with Gasteiger partial charge in [0.2, 0.25) is 5.91 Å². The van der Waals surface area contributed by atoms with E-state index >= 15 is 0 Å². The Morgan fingerprint density at radius 2 is 1.79 bits per heavy atom. The van der Waals surface area contributed by atoms with Gasteiger partial charge in [0.1, 0.15) is 6.04 Å². The number of rotatable bonds is 7. The highest BCUT2D eigenvalue weighted by Crippen LogP contribution is 2.23. The second kappa shape index (κ2) is 8.04. The maximum absolute atomic E-state index is 11.9. The van der Waals surface area contributed by atoms with Crippen molar-refractivity contribution >= 4 is 29.6 Å². The summed E-state index contributed by atoms with van der Waals surface area (Å²) in [5, 5.41) is 20.0. The van der Waals surface area contributed by atoms with E-state index in [2.05, 4.69) is 5.32 Å². The average Bonchev–Trinajstić information content (AvgIpc) is 2.37. The number of carboxylic acid groups (broad SMARTS) is 2. The van der Waals surface area contributed by atoms with Crippen molar-refractivity contribution in [3.8, 4) is 0 Å². The standard InChI is InChI=1S/C12H19NO5S/c14-10(15)7-19-6-9(12(17)18)13-11(16)8-4-2-1-3-5-8/h8-9H,1-7H2,(H,13,16)(H,14,15)(H,17,18). The lowest BCUT2D eigenvalue weighted by molar-refractivity contribution is -0.142. The van der Waals surface area contributed by atoms with Gasteiger partial charge in [-0.2, -0.15) is 0 Å². The van der Waals surface area contributed by atoms with Crippen LogP contribution in [0.1, 0.15) is 32.1 Å². The highest BCUT2D eigenvalue weighted by molar-refractivity contribution is 8.00. The molecule has 0 aromatic carbocycles. The monoisotopic (exact) mass is 289 g/mol. The van der Waals surface area contributed by atoms with Crippen molar-refractivity contribution in [1.82, 2.24) is 5.32 Å². The van der Waals surface area contributed by atoms with Crippen molar-refractivity contribution < 1.29 is 24.6 Å². The second-order valence-electron chi connectivity index (χ2n) is 4.64. The highest BCUT2D eigenvalue weighted by Gasteiger charge is 2.26. The fourth-order valence-electron chi connectivity index (χ4n) is 2.09. The molecule has 0 saturated heterocycles. The number of carbonyl (C=O) groups excluding carboxylic acids is 1. The molecular weight excluding hydrogens is 270 g/mol. The van der Waals surface area contributed by atoms with Gasteiger partial charge in [-0.15, -0.1) is 11.8 Å². The molecule has 0 aromatic rings. The topological polar surface area (TPSA) is 104 Å². The minimum absolute atomic E-state index is 0.0695. The minimum atomic E-state index is -1.12. The minimum Gasteiger partial charge on any atom is -0.481 e. The molecule has 1 unspecified atom stereocenters. The smallest absolute Gasteiger partial charge is 0.327 e. The maximum Gasteiger partial charge on any atom is 0.327 e. The maximum atomic E-state index is 11.9. The van der Waals surface area contributed by atoms with Gasteiger partial charge in [-0.3, -0.25) is 9.59 Å². The van der Waals surface area contributed by atoms with Gasteiger partial charge in [0.05, 0.1) is 5.75 Å². The lowest BCUT2D eigenvalue weighted by Crippen LogP contribution is -2.45. The lowest BCUT2D eigenvalue weighted by Gasteiger charge is -2.23. The zero-order valence-electron chi connectivity index (χ0n) is 10.6.